The van der Waals surface area contributed by atoms with Crippen LogP contribution in [0.2, 0.25) is 0 Å². The lowest BCUT2D eigenvalue weighted by Gasteiger charge is -2.10. The second-order valence-electron chi connectivity index (χ2n) is 3.18. The van der Waals surface area contributed by atoms with Crippen LogP contribution in [0, 0.1) is 0 Å². The maximum Gasteiger partial charge on any atom is 0.401 e. The van der Waals surface area contributed by atoms with Crippen LogP contribution in [0.4, 0.5) is 13.2 Å². The molecule has 16 heavy (non-hydrogen) atoms. The topological polar surface area (TPSA) is 21.3 Å². The van der Waals surface area contributed by atoms with Crippen LogP contribution < -0.4 is 10.1 Å². The lowest BCUT2D eigenvalue weighted by Crippen LogP contribution is -2.28. The minimum atomic E-state index is -4.19. The van der Waals surface area contributed by atoms with Crippen LogP contribution in [-0.2, 0) is 6.54 Å². The predicted molar refractivity (Wildman–Crippen MR) is 58.5 cm³/mol. The standard InChI is InChI=1S/C10H11BrF3NO/c1-16-8-2-3-9(11)7(4-8)5-15-6-10(12,13)14/h2-4,15H,5-6H2,1H3. The van der Waals surface area contributed by atoms with Crippen LogP contribution >= 0.6 is 15.9 Å². The van der Waals surface area contributed by atoms with Gasteiger partial charge in [0, 0.05) is 11.0 Å². The molecule has 0 aromatic heterocycles. The third-order valence-corrected chi connectivity index (χ3v) is 2.67. The molecule has 1 N–H and O–H groups in total. The highest BCUT2D eigenvalue weighted by Crippen LogP contribution is 2.22. The second kappa shape index (κ2) is 5.54. The van der Waals surface area contributed by atoms with Gasteiger partial charge >= 0.3 is 6.18 Å². The Labute approximate surface area is 99.9 Å². The zero-order valence-corrected chi connectivity index (χ0v) is 10.2. The molecular weight excluding hydrogens is 287 g/mol. The number of benzene rings is 1. The number of rotatable bonds is 4. The fraction of sp³-hybridized carbons (Fsp3) is 0.400. The first-order valence-corrected chi connectivity index (χ1v) is 5.31. The second-order valence-corrected chi connectivity index (χ2v) is 4.03. The summed E-state index contributed by atoms with van der Waals surface area (Å²) in [5.41, 5.74) is 0.726. The van der Waals surface area contributed by atoms with Crippen molar-refractivity contribution in [3.8, 4) is 5.75 Å². The van der Waals surface area contributed by atoms with Crippen LogP contribution in [0.15, 0.2) is 22.7 Å². The molecule has 0 amide bonds. The minimum Gasteiger partial charge on any atom is -0.497 e. The molecule has 0 unspecified atom stereocenters. The SMILES string of the molecule is COc1ccc(Br)c(CNCC(F)(F)F)c1. The Bertz CT molecular complexity index is 354. The van der Waals surface area contributed by atoms with Gasteiger partial charge in [-0.15, -0.1) is 0 Å². The zero-order valence-electron chi connectivity index (χ0n) is 8.57. The fourth-order valence-electron chi connectivity index (χ4n) is 1.15. The molecule has 0 aliphatic rings. The zero-order chi connectivity index (χ0) is 12.2. The number of hydrogen-bond donors (Lipinski definition) is 1. The van der Waals surface area contributed by atoms with E-state index in [2.05, 4.69) is 21.2 Å². The van der Waals surface area contributed by atoms with Gasteiger partial charge in [0.2, 0.25) is 0 Å². The van der Waals surface area contributed by atoms with Gasteiger partial charge in [0.25, 0.3) is 0 Å². The normalized spacial score (nSPS) is 11.6. The molecule has 2 nitrogen and oxygen atoms in total. The molecule has 1 rings (SSSR count). The number of hydrogen-bond acceptors (Lipinski definition) is 2. The Morgan fingerprint density at radius 1 is 1.38 bits per heavy atom. The summed E-state index contributed by atoms with van der Waals surface area (Å²) in [5.74, 6) is 0.618. The number of ether oxygens (including phenoxy) is 1. The van der Waals surface area contributed by atoms with E-state index < -0.39 is 12.7 Å². The third-order valence-electron chi connectivity index (χ3n) is 1.89. The van der Waals surface area contributed by atoms with E-state index in [0.717, 1.165) is 10.0 Å². The van der Waals surface area contributed by atoms with E-state index in [4.69, 9.17) is 4.74 Å². The van der Waals surface area contributed by atoms with E-state index in [1.54, 1.807) is 18.2 Å². The Morgan fingerprint density at radius 3 is 2.62 bits per heavy atom. The van der Waals surface area contributed by atoms with Crippen molar-refractivity contribution in [1.29, 1.82) is 0 Å². The van der Waals surface area contributed by atoms with E-state index in [1.165, 1.54) is 7.11 Å². The average molecular weight is 298 g/mol. The maximum atomic E-state index is 11.9. The molecule has 6 heteroatoms. The van der Waals surface area contributed by atoms with Crippen LogP contribution in [0.25, 0.3) is 0 Å². The Kier molecular flexibility index (Phi) is 4.61. The van der Waals surface area contributed by atoms with Gasteiger partial charge in [-0.1, -0.05) is 15.9 Å². The summed E-state index contributed by atoms with van der Waals surface area (Å²) in [4.78, 5) is 0. The highest BCUT2D eigenvalue weighted by molar-refractivity contribution is 9.10. The van der Waals surface area contributed by atoms with Gasteiger partial charge in [-0.3, -0.25) is 0 Å². The van der Waals surface area contributed by atoms with Gasteiger partial charge < -0.3 is 10.1 Å². The molecule has 90 valence electrons. The molecular formula is C10H11BrF3NO. The molecule has 0 radical (unpaired) electrons. The van der Waals surface area contributed by atoms with Crippen molar-refractivity contribution >= 4 is 15.9 Å². The van der Waals surface area contributed by atoms with Crippen molar-refractivity contribution < 1.29 is 17.9 Å². The van der Waals surface area contributed by atoms with Crippen molar-refractivity contribution in [1.82, 2.24) is 5.32 Å². The van der Waals surface area contributed by atoms with E-state index in [9.17, 15) is 13.2 Å². The Hall–Kier alpha value is -0.750. The van der Waals surface area contributed by atoms with Gasteiger partial charge in [-0.25, -0.2) is 0 Å². The lowest BCUT2D eigenvalue weighted by molar-refractivity contribution is -0.125. The minimum absolute atomic E-state index is 0.136. The number of nitrogens with one attached hydrogen (secondary N) is 1. The molecule has 1 aromatic carbocycles. The number of alkyl halides is 3. The Balaban J connectivity index is 2.59. The predicted octanol–water partition coefficient (Wildman–Crippen LogP) is 3.11. The summed E-state index contributed by atoms with van der Waals surface area (Å²) in [7, 11) is 1.51. The maximum absolute atomic E-state index is 11.9. The molecule has 0 aliphatic heterocycles. The largest absolute Gasteiger partial charge is 0.497 e. The van der Waals surface area contributed by atoms with E-state index in [1.807, 2.05) is 0 Å². The van der Waals surface area contributed by atoms with Crippen LogP contribution in [-0.4, -0.2) is 19.8 Å². The molecule has 0 bridgehead atoms. The third kappa shape index (κ3) is 4.40. The van der Waals surface area contributed by atoms with Gasteiger partial charge in [0.15, 0.2) is 0 Å². The highest BCUT2D eigenvalue weighted by atomic mass is 79.9. The van der Waals surface area contributed by atoms with Crippen LogP contribution in [0.3, 0.4) is 0 Å². The summed E-state index contributed by atoms with van der Waals surface area (Å²) in [6.45, 7) is -0.867. The van der Waals surface area contributed by atoms with Crippen molar-refractivity contribution in [3.05, 3.63) is 28.2 Å². The van der Waals surface area contributed by atoms with Gasteiger partial charge in [-0.05, 0) is 23.8 Å². The van der Waals surface area contributed by atoms with Crippen molar-refractivity contribution in [2.45, 2.75) is 12.7 Å². The summed E-state index contributed by atoms with van der Waals surface area (Å²) in [6, 6.07) is 5.16. The van der Waals surface area contributed by atoms with Gasteiger partial charge in [-0.2, -0.15) is 13.2 Å². The van der Waals surface area contributed by atoms with E-state index in [-0.39, 0.29) is 6.54 Å². The number of methoxy groups -OCH3 is 1. The summed E-state index contributed by atoms with van der Waals surface area (Å²) < 4.78 is 41.5. The first kappa shape index (κ1) is 13.3. The molecule has 0 atom stereocenters. The molecule has 0 spiro atoms. The molecule has 0 saturated carbocycles. The van der Waals surface area contributed by atoms with Crippen molar-refractivity contribution in [3.63, 3.8) is 0 Å². The molecule has 0 saturated heterocycles. The smallest absolute Gasteiger partial charge is 0.401 e. The first-order valence-electron chi connectivity index (χ1n) is 4.52. The van der Waals surface area contributed by atoms with Crippen molar-refractivity contribution in [2.75, 3.05) is 13.7 Å². The lowest BCUT2D eigenvalue weighted by atomic mass is 10.2. The van der Waals surface area contributed by atoms with Gasteiger partial charge in [0.1, 0.15) is 5.75 Å². The summed E-state index contributed by atoms with van der Waals surface area (Å²) in [6.07, 6.45) is -4.19. The van der Waals surface area contributed by atoms with Crippen molar-refractivity contribution in [2.24, 2.45) is 0 Å². The molecule has 0 heterocycles. The van der Waals surface area contributed by atoms with Gasteiger partial charge in [0.05, 0.1) is 13.7 Å². The average Bonchev–Trinajstić information content (AvgIpc) is 2.19. The quantitative estimate of drug-likeness (QED) is 0.922. The fourth-order valence-corrected chi connectivity index (χ4v) is 1.54. The van der Waals surface area contributed by atoms with Crippen LogP contribution in [0.1, 0.15) is 5.56 Å². The molecule has 1 aromatic rings. The monoisotopic (exact) mass is 297 g/mol. The van der Waals surface area contributed by atoms with Crippen LogP contribution in [0.5, 0.6) is 5.75 Å². The number of halogens is 4. The molecule has 0 fully saturated rings. The van der Waals surface area contributed by atoms with E-state index in [0.29, 0.717) is 5.75 Å². The summed E-state index contributed by atoms with van der Waals surface area (Å²) >= 11 is 3.26. The summed E-state index contributed by atoms with van der Waals surface area (Å²) in [5, 5.41) is 2.32. The molecule has 0 aliphatic carbocycles. The first-order chi connectivity index (χ1) is 7.42. The van der Waals surface area contributed by atoms with E-state index >= 15 is 0 Å². The Morgan fingerprint density at radius 2 is 2.06 bits per heavy atom. The highest BCUT2D eigenvalue weighted by Gasteiger charge is 2.26.